The van der Waals surface area contributed by atoms with E-state index in [0.29, 0.717) is 17.5 Å². The molecule has 0 spiro atoms. The lowest BCUT2D eigenvalue weighted by atomic mass is 10.0. The Bertz CT molecular complexity index is 942. The Labute approximate surface area is 166 Å². The molecule has 1 aromatic heterocycles. The summed E-state index contributed by atoms with van der Waals surface area (Å²) in [5.41, 5.74) is 4.92. The third-order valence-electron chi connectivity index (χ3n) is 5.73. The molecule has 2 aromatic carbocycles. The van der Waals surface area contributed by atoms with Gasteiger partial charge in [-0.2, -0.15) is 0 Å². The zero-order valence-corrected chi connectivity index (χ0v) is 16.5. The van der Waals surface area contributed by atoms with E-state index in [4.69, 9.17) is 9.40 Å². The highest BCUT2D eigenvalue weighted by molar-refractivity contribution is 5.77. The molecule has 1 aliphatic heterocycles. The van der Waals surface area contributed by atoms with Crippen molar-refractivity contribution in [1.82, 2.24) is 9.88 Å². The summed E-state index contributed by atoms with van der Waals surface area (Å²) in [4.78, 5) is 18.1. The number of carbonyl (C=O) groups is 1. The summed E-state index contributed by atoms with van der Waals surface area (Å²) in [6, 6.07) is 16.5. The Balaban J connectivity index is 1.47. The van der Waals surface area contributed by atoms with Crippen LogP contribution in [0, 0.1) is 6.92 Å². The molecule has 1 aliphatic rings. The fraction of sp³-hybridized carbons (Fsp3) is 0.333. The Hall–Kier alpha value is -2.72. The highest BCUT2D eigenvalue weighted by Crippen LogP contribution is 2.26. The number of likely N-dealkylation sites (tertiary alicyclic amines) is 1. The lowest BCUT2D eigenvalue weighted by Crippen LogP contribution is -2.29. The first-order chi connectivity index (χ1) is 13.6. The van der Waals surface area contributed by atoms with Gasteiger partial charge < -0.3 is 9.32 Å². The van der Waals surface area contributed by atoms with E-state index in [9.17, 15) is 4.79 Å². The van der Waals surface area contributed by atoms with Crippen LogP contribution in [0.25, 0.3) is 22.6 Å². The summed E-state index contributed by atoms with van der Waals surface area (Å²) >= 11 is 0. The van der Waals surface area contributed by atoms with Gasteiger partial charge in [-0.25, -0.2) is 4.98 Å². The van der Waals surface area contributed by atoms with E-state index >= 15 is 0 Å². The van der Waals surface area contributed by atoms with Crippen molar-refractivity contribution < 1.29 is 9.21 Å². The van der Waals surface area contributed by atoms with Crippen LogP contribution in [0.15, 0.2) is 52.9 Å². The van der Waals surface area contributed by atoms with Gasteiger partial charge in [0.1, 0.15) is 12.0 Å². The molecule has 0 bridgehead atoms. The molecular weight excluding hydrogens is 348 g/mol. The summed E-state index contributed by atoms with van der Waals surface area (Å²) in [5, 5.41) is 0. The third kappa shape index (κ3) is 3.92. The lowest BCUT2D eigenvalue weighted by molar-refractivity contribution is 0.112. The molecule has 0 unspecified atom stereocenters. The minimum atomic E-state index is 0.680. The maximum absolute atomic E-state index is 10.8. The average molecular weight is 374 g/mol. The molecule has 4 heteroatoms. The minimum Gasteiger partial charge on any atom is -0.441 e. The molecule has 1 fully saturated rings. The summed E-state index contributed by atoms with van der Waals surface area (Å²) in [6.07, 6.45) is 4.39. The van der Waals surface area contributed by atoms with Crippen LogP contribution in [0.2, 0.25) is 0 Å². The molecule has 1 atom stereocenters. The van der Waals surface area contributed by atoms with E-state index in [1.165, 1.54) is 19.4 Å². The molecule has 4 rings (SSSR count). The minimum absolute atomic E-state index is 0.680. The number of oxazole rings is 1. The van der Waals surface area contributed by atoms with Gasteiger partial charge in [-0.1, -0.05) is 36.4 Å². The Morgan fingerprint density at radius 3 is 2.32 bits per heavy atom. The first kappa shape index (κ1) is 18.6. The number of carbonyl (C=O) groups excluding carboxylic acids is 1. The van der Waals surface area contributed by atoms with Gasteiger partial charge in [0.2, 0.25) is 5.89 Å². The highest BCUT2D eigenvalue weighted by Gasteiger charge is 2.21. The average Bonchev–Trinajstić information content (AvgIpc) is 3.31. The molecular formula is C24H26N2O2. The van der Waals surface area contributed by atoms with Gasteiger partial charge in [0.05, 0.1) is 5.69 Å². The number of aldehydes is 1. The number of aromatic nitrogens is 1. The van der Waals surface area contributed by atoms with Crippen LogP contribution in [0.4, 0.5) is 0 Å². The topological polar surface area (TPSA) is 46.3 Å². The van der Waals surface area contributed by atoms with E-state index in [1.54, 1.807) is 0 Å². The fourth-order valence-corrected chi connectivity index (χ4v) is 3.92. The maximum Gasteiger partial charge on any atom is 0.226 e. The molecule has 4 nitrogen and oxygen atoms in total. The van der Waals surface area contributed by atoms with Gasteiger partial charge >= 0.3 is 0 Å². The van der Waals surface area contributed by atoms with Gasteiger partial charge in [0.25, 0.3) is 0 Å². The SMILES string of the molecule is Cc1oc(-c2ccc(-c3ccc(C=O)cc3)cc2)nc1CCN1CCC[C@H]1C. The Morgan fingerprint density at radius 1 is 1.07 bits per heavy atom. The predicted molar refractivity (Wildman–Crippen MR) is 111 cm³/mol. The van der Waals surface area contributed by atoms with Crippen molar-refractivity contribution in [2.24, 2.45) is 0 Å². The van der Waals surface area contributed by atoms with Crippen molar-refractivity contribution in [3.8, 4) is 22.6 Å². The lowest BCUT2D eigenvalue weighted by Gasteiger charge is -2.20. The Morgan fingerprint density at radius 2 is 1.71 bits per heavy atom. The van der Waals surface area contributed by atoms with Crippen molar-refractivity contribution in [1.29, 1.82) is 0 Å². The fourth-order valence-electron chi connectivity index (χ4n) is 3.92. The van der Waals surface area contributed by atoms with Crippen molar-refractivity contribution in [3.63, 3.8) is 0 Å². The van der Waals surface area contributed by atoms with Crippen LogP contribution >= 0.6 is 0 Å². The van der Waals surface area contributed by atoms with Crippen LogP contribution in [0.3, 0.4) is 0 Å². The zero-order chi connectivity index (χ0) is 19.5. The number of rotatable bonds is 6. The standard InChI is InChI=1S/C24H26N2O2/c1-17-4-3-14-26(17)15-13-23-18(2)28-24(25-23)22-11-9-21(10-12-22)20-7-5-19(16-27)6-8-20/h5-12,16-17H,3-4,13-15H2,1-2H3/t17-/m1/s1. The summed E-state index contributed by atoms with van der Waals surface area (Å²) in [6.45, 7) is 6.55. The second-order valence-electron chi connectivity index (χ2n) is 7.62. The first-order valence-corrected chi connectivity index (χ1v) is 10.0. The second-order valence-corrected chi connectivity index (χ2v) is 7.62. The normalized spacial score (nSPS) is 17.1. The van der Waals surface area contributed by atoms with Crippen LogP contribution in [0.5, 0.6) is 0 Å². The van der Waals surface area contributed by atoms with E-state index in [1.807, 2.05) is 43.3 Å². The molecule has 28 heavy (non-hydrogen) atoms. The second kappa shape index (κ2) is 8.11. The monoisotopic (exact) mass is 374 g/mol. The molecule has 1 saturated heterocycles. The number of hydrogen-bond donors (Lipinski definition) is 0. The van der Waals surface area contributed by atoms with Gasteiger partial charge in [-0.15, -0.1) is 0 Å². The van der Waals surface area contributed by atoms with Crippen molar-refractivity contribution in [3.05, 3.63) is 65.5 Å². The summed E-state index contributed by atoms with van der Waals surface area (Å²) in [7, 11) is 0. The maximum atomic E-state index is 10.8. The predicted octanol–water partition coefficient (Wildman–Crippen LogP) is 5.16. The van der Waals surface area contributed by atoms with Crippen LogP contribution in [0.1, 0.15) is 41.6 Å². The van der Waals surface area contributed by atoms with Crippen molar-refractivity contribution in [2.45, 2.75) is 39.2 Å². The van der Waals surface area contributed by atoms with Crippen LogP contribution in [-0.4, -0.2) is 35.3 Å². The number of aryl methyl sites for hydroxylation is 1. The molecule has 0 saturated carbocycles. The van der Waals surface area contributed by atoms with Gasteiger partial charge in [-0.05, 0) is 56.5 Å². The smallest absolute Gasteiger partial charge is 0.226 e. The first-order valence-electron chi connectivity index (χ1n) is 10.0. The van der Waals surface area contributed by atoms with Crippen LogP contribution < -0.4 is 0 Å². The van der Waals surface area contributed by atoms with Crippen molar-refractivity contribution >= 4 is 6.29 Å². The molecule has 0 N–H and O–H groups in total. The van der Waals surface area contributed by atoms with Gasteiger partial charge in [0, 0.05) is 30.1 Å². The van der Waals surface area contributed by atoms with E-state index in [-0.39, 0.29) is 0 Å². The largest absolute Gasteiger partial charge is 0.441 e. The number of nitrogens with zero attached hydrogens (tertiary/aromatic N) is 2. The van der Waals surface area contributed by atoms with Gasteiger partial charge in [0.15, 0.2) is 0 Å². The van der Waals surface area contributed by atoms with E-state index in [0.717, 1.165) is 47.4 Å². The molecule has 144 valence electrons. The molecule has 3 aromatic rings. The molecule has 0 radical (unpaired) electrons. The summed E-state index contributed by atoms with van der Waals surface area (Å²) < 4.78 is 5.95. The van der Waals surface area contributed by atoms with Gasteiger partial charge in [-0.3, -0.25) is 4.79 Å². The number of hydrogen-bond acceptors (Lipinski definition) is 4. The molecule has 2 heterocycles. The van der Waals surface area contributed by atoms with E-state index < -0.39 is 0 Å². The van der Waals surface area contributed by atoms with Crippen LogP contribution in [-0.2, 0) is 6.42 Å². The molecule has 0 aliphatic carbocycles. The Kier molecular flexibility index (Phi) is 5.40. The quantitative estimate of drug-likeness (QED) is 0.559. The van der Waals surface area contributed by atoms with E-state index in [2.05, 4.69) is 24.0 Å². The highest BCUT2D eigenvalue weighted by atomic mass is 16.4. The number of benzene rings is 2. The third-order valence-corrected chi connectivity index (χ3v) is 5.73. The van der Waals surface area contributed by atoms with Crippen molar-refractivity contribution in [2.75, 3.05) is 13.1 Å². The summed E-state index contributed by atoms with van der Waals surface area (Å²) in [5.74, 6) is 1.60. The zero-order valence-electron chi connectivity index (χ0n) is 16.5. The molecule has 0 amide bonds.